The molecule has 2 rings (SSSR count). The topological polar surface area (TPSA) is 15.7 Å². The van der Waals surface area contributed by atoms with Crippen molar-refractivity contribution in [2.24, 2.45) is 0 Å². The Balaban J connectivity index is 0.00000420. The first-order chi connectivity index (χ1) is 12.9. The molecule has 1 aromatic carbocycles. The molecule has 1 aromatic rings. The van der Waals surface area contributed by atoms with E-state index in [4.69, 9.17) is 4.12 Å². The van der Waals surface area contributed by atoms with E-state index in [1.54, 1.807) is 6.07 Å². The van der Waals surface area contributed by atoms with E-state index in [0.29, 0.717) is 12.1 Å². The number of benzene rings is 1. The van der Waals surface area contributed by atoms with Crippen LogP contribution in [0, 0.1) is 0 Å². The third kappa shape index (κ3) is 6.84. The van der Waals surface area contributed by atoms with Crippen LogP contribution < -0.4 is 0 Å². The number of rotatable bonds is 7. The van der Waals surface area contributed by atoms with Crippen LogP contribution in [0.15, 0.2) is 72.7 Å². The fourth-order valence-corrected chi connectivity index (χ4v) is 9.33. The van der Waals surface area contributed by atoms with E-state index in [9.17, 15) is 13.2 Å². The monoisotopic (exact) mass is 619 g/mol. The van der Waals surface area contributed by atoms with Crippen LogP contribution in [0.1, 0.15) is 11.1 Å². The van der Waals surface area contributed by atoms with Crippen molar-refractivity contribution in [3.63, 3.8) is 0 Å². The standard InChI is InChI=1S/C20H27F3N2OSi2.Pt/c1-7-27(4,5)26-28(6,8-2)16-19-24(3)12-13-25(19)15-17-10-9-11-18(14-17)20(21,22)23;/h7-14,16H,1-2,15H2,3-6H3;. The molecule has 162 valence electrons. The van der Waals surface area contributed by atoms with Gasteiger partial charge in [0, 0.05) is 47.1 Å². The van der Waals surface area contributed by atoms with Crippen LogP contribution in [0.25, 0.3) is 0 Å². The molecule has 0 fully saturated rings. The van der Waals surface area contributed by atoms with Gasteiger partial charge >= 0.3 is 6.18 Å². The van der Waals surface area contributed by atoms with Crippen molar-refractivity contribution in [3.8, 4) is 0 Å². The van der Waals surface area contributed by atoms with Gasteiger partial charge in [0.1, 0.15) is 5.82 Å². The SMILES string of the molecule is C=C[Si](C)(C)O[Si](C)(C=C)C=C1N(C)C=CN1Cc1cccc(C(F)(F)F)c1.[Pt]. The molecular weight excluding hydrogens is 592 g/mol. The zero-order valence-corrected chi connectivity index (χ0v) is 21.3. The molecule has 0 N–H and O–H groups in total. The molecule has 0 aromatic heterocycles. The maximum Gasteiger partial charge on any atom is 0.416 e. The molecule has 0 radical (unpaired) electrons. The molecule has 0 amide bonds. The summed E-state index contributed by atoms with van der Waals surface area (Å²) in [5, 5.41) is 0. The smallest absolute Gasteiger partial charge is 0.416 e. The minimum absolute atomic E-state index is 0. The van der Waals surface area contributed by atoms with Gasteiger partial charge in [-0.05, 0) is 43.0 Å². The molecule has 29 heavy (non-hydrogen) atoms. The third-order valence-corrected chi connectivity index (χ3v) is 11.0. The Kier molecular flexibility index (Phi) is 8.54. The summed E-state index contributed by atoms with van der Waals surface area (Å²) in [7, 11) is -2.52. The van der Waals surface area contributed by atoms with Crippen molar-refractivity contribution in [3.05, 3.63) is 83.9 Å². The van der Waals surface area contributed by atoms with Gasteiger partial charge < -0.3 is 13.9 Å². The zero-order valence-electron chi connectivity index (χ0n) is 17.1. The number of alkyl halides is 3. The summed E-state index contributed by atoms with van der Waals surface area (Å²) >= 11 is 0. The Morgan fingerprint density at radius 2 is 1.76 bits per heavy atom. The van der Waals surface area contributed by atoms with E-state index in [1.807, 2.05) is 40.6 Å². The van der Waals surface area contributed by atoms with E-state index >= 15 is 0 Å². The van der Waals surface area contributed by atoms with Crippen molar-refractivity contribution in [2.75, 3.05) is 7.05 Å². The molecule has 0 saturated carbocycles. The average molecular weight is 620 g/mol. The minimum atomic E-state index is -4.35. The fourth-order valence-electron chi connectivity index (χ4n) is 2.89. The van der Waals surface area contributed by atoms with Gasteiger partial charge in [0.15, 0.2) is 8.32 Å². The molecule has 0 saturated heterocycles. The van der Waals surface area contributed by atoms with Crippen LogP contribution in [-0.2, 0) is 37.9 Å². The Morgan fingerprint density at radius 3 is 2.31 bits per heavy atom. The summed E-state index contributed by atoms with van der Waals surface area (Å²) in [6, 6.07) is 5.42. The van der Waals surface area contributed by atoms with Crippen molar-refractivity contribution < 1.29 is 38.4 Å². The first kappa shape index (κ1) is 25.7. The molecule has 0 spiro atoms. The largest absolute Gasteiger partial charge is 0.446 e. The summed E-state index contributed by atoms with van der Waals surface area (Å²) in [4.78, 5) is 3.87. The molecule has 9 heteroatoms. The predicted molar refractivity (Wildman–Crippen MR) is 113 cm³/mol. The summed E-state index contributed by atoms with van der Waals surface area (Å²) in [6.45, 7) is 14.4. The molecule has 1 aliphatic rings. The first-order valence-electron chi connectivity index (χ1n) is 8.93. The third-order valence-electron chi connectivity index (χ3n) is 4.53. The second kappa shape index (κ2) is 9.64. The summed E-state index contributed by atoms with van der Waals surface area (Å²) in [6.07, 6.45) is -0.608. The van der Waals surface area contributed by atoms with Gasteiger partial charge in [-0.3, -0.25) is 0 Å². The van der Waals surface area contributed by atoms with E-state index in [1.165, 1.54) is 12.1 Å². The molecule has 1 atom stereocenters. The summed E-state index contributed by atoms with van der Waals surface area (Å²) in [5.41, 5.74) is 5.78. The van der Waals surface area contributed by atoms with Crippen molar-refractivity contribution in [1.82, 2.24) is 9.80 Å². The fraction of sp³-hybridized carbons (Fsp3) is 0.300. The normalized spacial score (nSPS) is 17.8. The molecule has 0 aliphatic carbocycles. The second-order valence-corrected chi connectivity index (χ2v) is 15.0. The van der Waals surface area contributed by atoms with E-state index < -0.39 is 28.4 Å². The van der Waals surface area contributed by atoms with Crippen LogP contribution in [0.5, 0.6) is 0 Å². The van der Waals surface area contributed by atoms with Gasteiger partial charge in [-0.25, -0.2) is 0 Å². The van der Waals surface area contributed by atoms with Crippen molar-refractivity contribution in [2.45, 2.75) is 32.4 Å². The summed E-state index contributed by atoms with van der Waals surface area (Å²) in [5.74, 6) is 0.875. The van der Waals surface area contributed by atoms with Gasteiger partial charge in [0.2, 0.25) is 8.32 Å². The number of halogens is 3. The minimum Gasteiger partial charge on any atom is -0.446 e. The van der Waals surface area contributed by atoms with E-state index in [0.717, 1.165) is 11.9 Å². The average Bonchev–Trinajstić information content (AvgIpc) is 2.94. The predicted octanol–water partition coefficient (Wildman–Crippen LogP) is 5.55. The van der Waals surface area contributed by atoms with Crippen LogP contribution in [0.3, 0.4) is 0 Å². The quantitative estimate of drug-likeness (QED) is 0.373. The summed E-state index contributed by atoms with van der Waals surface area (Å²) < 4.78 is 45.4. The van der Waals surface area contributed by atoms with E-state index in [-0.39, 0.29) is 21.1 Å². The first-order valence-corrected chi connectivity index (χ1v) is 14.5. The van der Waals surface area contributed by atoms with Crippen molar-refractivity contribution in [1.29, 1.82) is 0 Å². The molecular formula is C20H27F3N2OPtSi2. The number of hydrogen-bond donors (Lipinski definition) is 0. The van der Waals surface area contributed by atoms with Crippen molar-refractivity contribution >= 4 is 16.6 Å². The molecule has 1 aliphatic heterocycles. The maximum absolute atomic E-state index is 13.0. The number of hydrogen-bond acceptors (Lipinski definition) is 3. The maximum atomic E-state index is 13.0. The number of nitrogens with zero attached hydrogens (tertiary/aromatic N) is 2. The Bertz CT molecular complexity index is 811. The second-order valence-electron chi connectivity index (χ2n) is 7.54. The Labute approximate surface area is 187 Å². The Morgan fingerprint density at radius 1 is 1.10 bits per heavy atom. The Hall–Kier alpha value is -1.35. The van der Waals surface area contributed by atoms with Crippen LogP contribution in [-0.4, -0.2) is 33.5 Å². The molecule has 0 bridgehead atoms. The van der Waals surface area contributed by atoms with Crippen LogP contribution in [0.4, 0.5) is 13.2 Å². The molecule has 3 nitrogen and oxygen atoms in total. The molecule has 1 heterocycles. The van der Waals surface area contributed by atoms with Crippen LogP contribution in [0.2, 0.25) is 19.6 Å². The zero-order chi connectivity index (χ0) is 21.2. The van der Waals surface area contributed by atoms with Gasteiger partial charge in [0.25, 0.3) is 0 Å². The van der Waals surface area contributed by atoms with Gasteiger partial charge in [-0.1, -0.05) is 23.5 Å². The van der Waals surface area contributed by atoms with Gasteiger partial charge in [-0.2, -0.15) is 13.2 Å². The van der Waals surface area contributed by atoms with E-state index in [2.05, 4.69) is 38.5 Å². The molecule has 1 unspecified atom stereocenters. The van der Waals surface area contributed by atoms with Gasteiger partial charge in [-0.15, -0.1) is 13.2 Å². The van der Waals surface area contributed by atoms with Gasteiger partial charge in [0.05, 0.1) is 5.56 Å². The van der Waals surface area contributed by atoms with Crippen LogP contribution >= 0.6 is 0 Å².